The molecule has 0 N–H and O–H groups in total. The zero-order valence-corrected chi connectivity index (χ0v) is 11.2. The van der Waals surface area contributed by atoms with Gasteiger partial charge in [0.15, 0.2) is 12.3 Å². The van der Waals surface area contributed by atoms with Gasteiger partial charge in [-0.25, -0.2) is 4.58 Å². The van der Waals surface area contributed by atoms with Crippen molar-refractivity contribution in [1.82, 2.24) is 4.57 Å². The molecule has 0 saturated heterocycles. The molecule has 0 atom stereocenters. The van der Waals surface area contributed by atoms with Gasteiger partial charge in [0.25, 0.3) is 0 Å². The van der Waals surface area contributed by atoms with Crippen molar-refractivity contribution in [2.24, 2.45) is 0 Å². The number of aryl methyl sites for hydroxylation is 1. The average molecular weight is 304 g/mol. The summed E-state index contributed by atoms with van der Waals surface area (Å²) >= 11 is 0. The predicted molar refractivity (Wildman–Crippen MR) is 54.6 cm³/mol. The van der Waals surface area contributed by atoms with E-state index in [0.29, 0.717) is 0 Å². The Labute approximate surface area is 103 Å². The highest BCUT2D eigenvalue weighted by Gasteiger charge is 2.21. The lowest BCUT2D eigenvalue weighted by molar-refractivity contribution is -0.528. The van der Waals surface area contributed by atoms with Crippen molar-refractivity contribution in [2.75, 3.05) is 13.1 Å². The maximum atomic E-state index is 2.44. The minimum atomic E-state index is 0. The summed E-state index contributed by atoms with van der Waals surface area (Å²) in [5.74, 6) is 0. The quantitative estimate of drug-likeness (QED) is 0.448. The molecule has 14 heavy (non-hydrogen) atoms. The summed E-state index contributed by atoms with van der Waals surface area (Å²) in [5.41, 5.74) is 4.19. The molecule has 2 rings (SSSR count). The molecule has 2 nitrogen and oxygen atoms in total. The lowest BCUT2D eigenvalue weighted by Crippen LogP contribution is -3.00. The van der Waals surface area contributed by atoms with Crippen molar-refractivity contribution in [1.29, 1.82) is 0 Å². The Kier molecular flexibility index (Phi) is 3.75. The Bertz CT molecular complexity index is 363. The van der Waals surface area contributed by atoms with Crippen LogP contribution in [0, 0.1) is 6.92 Å². The molecule has 0 radical (unpaired) electrons. The molecule has 0 amide bonds. The first-order chi connectivity index (χ1) is 6.24. The molecule has 1 aromatic heterocycles. The molecule has 1 aromatic rings. The van der Waals surface area contributed by atoms with Crippen LogP contribution in [-0.4, -0.2) is 27.9 Å². The summed E-state index contributed by atoms with van der Waals surface area (Å²) < 4.78 is 4.84. The number of likely N-dealkylation sites (N-methyl/N-ethyl adjacent to an activating group) is 1. The predicted octanol–water partition coefficient (Wildman–Crippen LogP) is -1.34. The number of fused-ring (bicyclic) bond motifs is 1. The number of hydrogen-bond donors (Lipinski definition) is 0. The van der Waals surface area contributed by atoms with Gasteiger partial charge in [0.05, 0.1) is 6.54 Å². The number of hydrogen-bond acceptors (Lipinski definition) is 0. The molecule has 3 heteroatoms. The van der Waals surface area contributed by atoms with Crippen LogP contribution < -0.4 is 24.0 Å². The van der Waals surface area contributed by atoms with E-state index in [9.17, 15) is 0 Å². The average Bonchev–Trinajstić information content (AvgIpc) is 2.50. The van der Waals surface area contributed by atoms with E-state index in [1.54, 1.807) is 0 Å². The second-order valence-electron chi connectivity index (χ2n) is 3.68. The molecule has 1 aliphatic heterocycles. The topological polar surface area (TPSA) is 7.94 Å². The fraction of sp³-hybridized carbons (Fsp3) is 0.545. The second kappa shape index (κ2) is 4.47. The molecule has 0 fully saturated rings. The molecule has 0 saturated carbocycles. The zero-order chi connectivity index (χ0) is 9.42. The van der Waals surface area contributed by atoms with Crippen LogP contribution in [0.15, 0.2) is 12.1 Å². The van der Waals surface area contributed by atoms with E-state index >= 15 is 0 Å². The maximum absolute atomic E-state index is 2.44. The van der Waals surface area contributed by atoms with Crippen LogP contribution >= 0.6 is 0 Å². The highest BCUT2D eigenvalue weighted by molar-refractivity contribution is 5.93. The third-order valence-corrected chi connectivity index (χ3v) is 3.02. The van der Waals surface area contributed by atoms with Gasteiger partial charge in [-0.05, 0) is 26.0 Å². The van der Waals surface area contributed by atoms with Crippen LogP contribution in [0.25, 0.3) is 0 Å². The van der Waals surface area contributed by atoms with Crippen molar-refractivity contribution in [2.45, 2.75) is 27.3 Å². The van der Waals surface area contributed by atoms with Gasteiger partial charge in [0.2, 0.25) is 0 Å². The zero-order valence-electron chi connectivity index (χ0n) is 9.05. The Morgan fingerprint density at radius 3 is 2.71 bits per heavy atom. The van der Waals surface area contributed by atoms with Gasteiger partial charge < -0.3 is 28.5 Å². The van der Waals surface area contributed by atoms with Crippen molar-refractivity contribution in [3.63, 3.8) is 0 Å². The first kappa shape index (κ1) is 11.8. The molecule has 0 bridgehead atoms. The van der Waals surface area contributed by atoms with Crippen LogP contribution in [0.4, 0.5) is 0 Å². The van der Waals surface area contributed by atoms with E-state index in [2.05, 4.69) is 42.0 Å². The van der Waals surface area contributed by atoms with Crippen LogP contribution in [-0.2, 0) is 6.54 Å². The highest BCUT2D eigenvalue weighted by atomic mass is 127. The van der Waals surface area contributed by atoms with E-state index in [1.165, 1.54) is 17.1 Å². The van der Waals surface area contributed by atoms with Crippen molar-refractivity contribution < 1.29 is 28.6 Å². The van der Waals surface area contributed by atoms with Crippen LogP contribution in [0.3, 0.4) is 0 Å². The maximum Gasteiger partial charge on any atom is 0.196 e. The third kappa shape index (κ3) is 1.74. The van der Waals surface area contributed by atoms with Gasteiger partial charge >= 0.3 is 0 Å². The molecule has 0 unspecified atom stereocenters. The number of nitrogens with zero attached hydrogens (tertiary/aromatic N) is 2. The molecule has 2 heterocycles. The standard InChI is InChI=1S/C11H17N2.HI/c1-4-12-7-8-13-9(2)5-6-11(13)10(12)3;/h5-6H,4,7-8H2,1-3H3;1H/q+1;/p-1. The van der Waals surface area contributed by atoms with Crippen LogP contribution in [0.5, 0.6) is 0 Å². The number of rotatable bonds is 1. The minimum Gasteiger partial charge on any atom is -1.00 e. The van der Waals surface area contributed by atoms with Gasteiger partial charge in [-0.15, -0.1) is 0 Å². The Morgan fingerprint density at radius 2 is 2.07 bits per heavy atom. The van der Waals surface area contributed by atoms with E-state index in [4.69, 9.17) is 0 Å². The van der Waals surface area contributed by atoms with E-state index < -0.39 is 0 Å². The summed E-state index contributed by atoms with van der Waals surface area (Å²) in [6.45, 7) is 10.0. The molecular weight excluding hydrogens is 287 g/mol. The van der Waals surface area contributed by atoms with Crippen molar-refractivity contribution in [3.05, 3.63) is 23.5 Å². The monoisotopic (exact) mass is 304 g/mol. The normalized spacial score (nSPS) is 15.1. The van der Waals surface area contributed by atoms with Gasteiger partial charge in [-0.2, -0.15) is 0 Å². The Morgan fingerprint density at radius 1 is 1.36 bits per heavy atom. The number of halogens is 1. The van der Waals surface area contributed by atoms with Gasteiger partial charge in [-0.3, -0.25) is 0 Å². The summed E-state index contributed by atoms with van der Waals surface area (Å²) in [7, 11) is 0. The minimum absolute atomic E-state index is 0. The smallest absolute Gasteiger partial charge is 0.196 e. The molecule has 1 aliphatic rings. The molecule has 0 spiro atoms. The molecule has 0 aromatic carbocycles. The van der Waals surface area contributed by atoms with Crippen LogP contribution in [0.1, 0.15) is 25.2 Å². The van der Waals surface area contributed by atoms with E-state index in [-0.39, 0.29) is 24.0 Å². The molecular formula is C11H17IN2. The lowest BCUT2D eigenvalue weighted by Gasteiger charge is -2.16. The Balaban J connectivity index is 0.000000980. The van der Waals surface area contributed by atoms with Gasteiger partial charge in [0.1, 0.15) is 12.2 Å². The molecule has 78 valence electrons. The van der Waals surface area contributed by atoms with Crippen molar-refractivity contribution >= 4 is 5.71 Å². The van der Waals surface area contributed by atoms with Crippen LogP contribution in [0.2, 0.25) is 0 Å². The van der Waals surface area contributed by atoms with Crippen molar-refractivity contribution in [3.8, 4) is 0 Å². The van der Waals surface area contributed by atoms with Gasteiger partial charge in [-0.1, -0.05) is 0 Å². The van der Waals surface area contributed by atoms with E-state index in [0.717, 1.165) is 19.6 Å². The first-order valence-electron chi connectivity index (χ1n) is 4.99. The largest absolute Gasteiger partial charge is 1.00 e. The van der Waals surface area contributed by atoms with E-state index in [1.807, 2.05) is 0 Å². The Hall–Kier alpha value is -0.320. The SMILES string of the molecule is CC[N+]1=C(C)c2ccc(C)n2CC1.[I-]. The summed E-state index contributed by atoms with van der Waals surface area (Å²) in [6, 6.07) is 4.44. The summed E-state index contributed by atoms with van der Waals surface area (Å²) in [6.07, 6.45) is 0. The fourth-order valence-electron chi connectivity index (χ4n) is 2.13. The lowest BCUT2D eigenvalue weighted by atomic mass is 10.2. The highest BCUT2D eigenvalue weighted by Crippen LogP contribution is 2.13. The number of aromatic nitrogens is 1. The van der Waals surface area contributed by atoms with Gasteiger partial charge in [0, 0.05) is 12.6 Å². The summed E-state index contributed by atoms with van der Waals surface area (Å²) in [4.78, 5) is 0. The summed E-state index contributed by atoms with van der Waals surface area (Å²) in [5, 5.41) is 0. The molecule has 0 aliphatic carbocycles. The third-order valence-electron chi connectivity index (χ3n) is 3.02. The first-order valence-corrected chi connectivity index (χ1v) is 4.99. The second-order valence-corrected chi connectivity index (χ2v) is 3.68. The fourth-order valence-corrected chi connectivity index (χ4v) is 2.13.